The average molecular weight is 607 g/mol. The molecule has 1 amide bonds. The zero-order valence-corrected chi connectivity index (χ0v) is 22.8. The monoisotopic (exact) mass is 606 g/mol. The third kappa shape index (κ3) is 8.39. The molecule has 0 bridgehead atoms. The minimum Gasteiger partial charge on any atom is -0.481 e. The number of aliphatic hydroxyl groups is 1. The maximum atomic E-state index is 14.7. The molecule has 230 valence electrons. The van der Waals surface area contributed by atoms with Crippen LogP contribution < -0.4 is 10.6 Å². The molecule has 0 unspecified atom stereocenters. The van der Waals surface area contributed by atoms with Crippen molar-refractivity contribution >= 4 is 23.8 Å². The van der Waals surface area contributed by atoms with Crippen molar-refractivity contribution in [1.29, 1.82) is 0 Å². The molecule has 4 rings (SSSR count). The van der Waals surface area contributed by atoms with E-state index >= 15 is 0 Å². The van der Waals surface area contributed by atoms with E-state index in [0.717, 1.165) is 17.8 Å². The third-order valence-electron chi connectivity index (χ3n) is 6.79. The zero-order chi connectivity index (χ0) is 31.9. The van der Waals surface area contributed by atoms with Crippen LogP contribution in [0.25, 0.3) is 11.3 Å². The molecule has 15 heteroatoms. The molecular formula is C28H29F3N4O8. The van der Waals surface area contributed by atoms with Crippen LogP contribution in [-0.4, -0.2) is 78.8 Å². The quantitative estimate of drug-likeness (QED) is 0.210. The number of carbonyl (C=O) groups excluding carboxylic acids is 1. The average Bonchev–Trinajstić information content (AvgIpc) is 3.35. The highest BCUT2D eigenvalue weighted by molar-refractivity contribution is 5.95. The fourth-order valence-electron chi connectivity index (χ4n) is 4.63. The molecule has 3 aromatic rings. The van der Waals surface area contributed by atoms with Crippen LogP contribution in [0.1, 0.15) is 41.1 Å². The lowest BCUT2D eigenvalue weighted by Gasteiger charge is -2.33. The highest BCUT2D eigenvalue weighted by Gasteiger charge is 2.40. The summed E-state index contributed by atoms with van der Waals surface area (Å²) in [5.41, 5.74) is -0.862. The Morgan fingerprint density at radius 2 is 1.65 bits per heavy atom. The predicted octanol–water partition coefficient (Wildman–Crippen LogP) is 2.13. The first-order valence-corrected chi connectivity index (χ1v) is 12.9. The molecule has 1 aliphatic heterocycles. The number of carbonyl (C=O) groups is 4. The molecule has 1 fully saturated rings. The summed E-state index contributed by atoms with van der Waals surface area (Å²) < 4.78 is 43.3. The van der Waals surface area contributed by atoms with Crippen LogP contribution in [0.15, 0.2) is 48.7 Å². The third-order valence-corrected chi connectivity index (χ3v) is 6.79. The number of aromatic nitrogens is 2. The van der Waals surface area contributed by atoms with Crippen LogP contribution in [0, 0.1) is 17.5 Å². The Morgan fingerprint density at radius 3 is 2.19 bits per heavy atom. The van der Waals surface area contributed by atoms with E-state index in [-0.39, 0.29) is 17.5 Å². The number of carboxylic acids is 3. The van der Waals surface area contributed by atoms with Crippen molar-refractivity contribution in [1.82, 2.24) is 20.4 Å². The van der Waals surface area contributed by atoms with Crippen molar-refractivity contribution in [2.45, 2.75) is 36.8 Å². The van der Waals surface area contributed by atoms with Gasteiger partial charge in [-0.2, -0.15) is 5.10 Å². The van der Waals surface area contributed by atoms with Gasteiger partial charge in [-0.1, -0.05) is 12.1 Å². The van der Waals surface area contributed by atoms with E-state index in [1.165, 1.54) is 18.2 Å². The SMILES string of the molecule is Cn1nccc1-c1ccc(C(=O)N[C@@H]2CNCC[C@H]2c2ccc(F)c(F)c2)c(F)c1.O=C(O)CC(O)(CC(=O)O)C(=O)O. The summed E-state index contributed by atoms with van der Waals surface area (Å²) in [7, 11) is 1.75. The van der Waals surface area contributed by atoms with Gasteiger partial charge in [0, 0.05) is 37.3 Å². The smallest absolute Gasteiger partial charge is 0.336 e. The molecule has 12 nitrogen and oxygen atoms in total. The number of rotatable bonds is 9. The molecular weight excluding hydrogens is 577 g/mol. The minimum absolute atomic E-state index is 0.0736. The Bertz CT molecular complexity index is 1500. The Morgan fingerprint density at radius 1 is 0.977 bits per heavy atom. The molecule has 0 radical (unpaired) electrons. The van der Waals surface area contributed by atoms with Crippen molar-refractivity contribution in [3.05, 3.63) is 77.2 Å². The summed E-state index contributed by atoms with van der Waals surface area (Å²) >= 11 is 0. The number of aliphatic carboxylic acids is 3. The van der Waals surface area contributed by atoms with E-state index in [4.69, 9.17) is 20.4 Å². The first-order valence-electron chi connectivity index (χ1n) is 12.9. The van der Waals surface area contributed by atoms with Crippen LogP contribution >= 0.6 is 0 Å². The number of hydrogen-bond acceptors (Lipinski definition) is 7. The predicted molar refractivity (Wildman–Crippen MR) is 144 cm³/mol. The Balaban J connectivity index is 0.000000331. The molecule has 1 aromatic heterocycles. The lowest BCUT2D eigenvalue weighted by Crippen LogP contribution is -2.50. The van der Waals surface area contributed by atoms with Gasteiger partial charge in [-0.3, -0.25) is 19.1 Å². The highest BCUT2D eigenvalue weighted by Crippen LogP contribution is 2.28. The Hall–Kier alpha value is -4.76. The molecule has 2 atom stereocenters. The van der Waals surface area contributed by atoms with Crippen LogP contribution in [0.3, 0.4) is 0 Å². The van der Waals surface area contributed by atoms with Gasteiger partial charge in [0.05, 0.1) is 24.1 Å². The largest absolute Gasteiger partial charge is 0.481 e. The van der Waals surface area contributed by atoms with Crippen LogP contribution in [0.5, 0.6) is 0 Å². The van der Waals surface area contributed by atoms with E-state index in [9.17, 15) is 32.3 Å². The van der Waals surface area contributed by atoms with Crippen LogP contribution in [0.2, 0.25) is 0 Å². The first-order chi connectivity index (χ1) is 20.2. The van der Waals surface area contributed by atoms with Crippen molar-refractivity contribution in [2.24, 2.45) is 7.05 Å². The summed E-state index contributed by atoms with van der Waals surface area (Å²) in [6.07, 6.45) is -0.0381. The number of hydrogen-bond donors (Lipinski definition) is 6. The summed E-state index contributed by atoms with van der Waals surface area (Å²) in [4.78, 5) is 43.3. The molecule has 6 N–H and O–H groups in total. The van der Waals surface area contributed by atoms with Gasteiger partial charge < -0.3 is 31.1 Å². The maximum absolute atomic E-state index is 14.7. The van der Waals surface area contributed by atoms with Gasteiger partial charge in [-0.25, -0.2) is 18.0 Å². The summed E-state index contributed by atoms with van der Waals surface area (Å²) in [5, 5.41) is 43.9. The van der Waals surface area contributed by atoms with Gasteiger partial charge >= 0.3 is 17.9 Å². The Labute approximate surface area is 242 Å². The van der Waals surface area contributed by atoms with Gasteiger partial charge in [-0.05, 0) is 48.9 Å². The number of amides is 1. The normalized spacial score (nSPS) is 16.5. The second-order valence-electron chi connectivity index (χ2n) is 9.87. The first kappa shape index (κ1) is 32.8. The van der Waals surface area contributed by atoms with Gasteiger partial charge in [-0.15, -0.1) is 0 Å². The number of halogens is 3. The Kier molecular flexibility index (Phi) is 10.6. The number of piperidine rings is 1. The molecule has 2 aromatic carbocycles. The molecule has 1 aliphatic rings. The lowest BCUT2D eigenvalue weighted by atomic mass is 9.85. The summed E-state index contributed by atoms with van der Waals surface area (Å²) in [6, 6.07) is 9.56. The number of nitrogens with zero attached hydrogens (tertiary/aromatic N) is 2. The fraction of sp³-hybridized carbons (Fsp3) is 0.321. The molecule has 43 heavy (non-hydrogen) atoms. The second kappa shape index (κ2) is 13.9. The maximum Gasteiger partial charge on any atom is 0.336 e. The fourth-order valence-corrected chi connectivity index (χ4v) is 4.63. The number of carboxylic acid groups (broad SMARTS) is 3. The van der Waals surface area contributed by atoms with Gasteiger partial charge in [0.25, 0.3) is 5.91 Å². The van der Waals surface area contributed by atoms with Crippen molar-refractivity contribution in [3.63, 3.8) is 0 Å². The number of nitrogens with one attached hydrogen (secondary N) is 2. The van der Waals surface area contributed by atoms with Crippen LogP contribution in [0.4, 0.5) is 13.2 Å². The summed E-state index contributed by atoms with van der Waals surface area (Å²) in [5.74, 6) is -8.25. The topological polar surface area (TPSA) is 191 Å². The number of benzene rings is 2. The molecule has 0 aliphatic carbocycles. The van der Waals surface area contributed by atoms with E-state index < -0.39 is 59.7 Å². The summed E-state index contributed by atoms with van der Waals surface area (Å²) in [6.45, 7) is 1.13. The molecule has 0 spiro atoms. The van der Waals surface area contributed by atoms with Gasteiger partial charge in [0.15, 0.2) is 17.2 Å². The zero-order valence-electron chi connectivity index (χ0n) is 22.8. The number of aryl methyl sites for hydroxylation is 1. The van der Waals surface area contributed by atoms with Gasteiger partial charge in [0.1, 0.15) is 5.82 Å². The van der Waals surface area contributed by atoms with E-state index in [2.05, 4.69) is 15.7 Å². The minimum atomic E-state index is -2.74. The van der Waals surface area contributed by atoms with Gasteiger partial charge in [0.2, 0.25) is 0 Å². The van der Waals surface area contributed by atoms with Crippen molar-refractivity contribution < 1.29 is 52.8 Å². The highest BCUT2D eigenvalue weighted by atomic mass is 19.2. The van der Waals surface area contributed by atoms with E-state index in [0.29, 0.717) is 30.6 Å². The molecule has 2 heterocycles. The van der Waals surface area contributed by atoms with E-state index in [1.54, 1.807) is 30.1 Å². The standard InChI is InChI=1S/C22H21F3N4O.C6H8O7/c1-29-21(7-9-27-29)14-2-4-16(18(24)11-14)22(30)28-20-12-26-8-6-15(20)13-3-5-17(23)19(25)10-13;7-3(8)1-6(13,5(11)12)2-4(9)10/h2-5,7,9-11,15,20,26H,6,8,12H2,1H3,(H,28,30);13H,1-2H2,(H,7,8)(H,9,10)(H,11,12)/t15-,20+;/m0./s1. The molecule has 0 saturated carbocycles. The van der Waals surface area contributed by atoms with Crippen LogP contribution in [-0.2, 0) is 21.4 Å². The molecule has 1 saturated heterocycles. The lowest BCUT2D eigenvalue weighted by molar-refractivity contribution is -0.170. The van der Waals surface area contributed by atoms with Crippen molar-refractivity contribution in [3.8, 4) is 11.3 Å². The second-order valence-corrected chi connectivity index (χ2v) is 9.87. The van der Waals surface area contributed by atoms with Crippen molar-refractivity contribution in [2.75, 3.05) is 13.1 Å². The van der Waals surface area contributed by atoms with E-state index in [1.807, 2.05) is 0 Å².